The molecule has 2 aromatic rings. The molecule has 68 valence electrons. The SMILES string of the molecule is Cn1ccnc1Sc1nc(Br)cs1. The van der Waals surface area contributed by atoms with Crippen molar-refractivity contribution in [3.05, 3.63) is 22.4 Å². The van der Waals surface area contributed by atoms with E-state index < -0.39 is 0 Å². The third-order valence-corrected chi connectivity index (χ3v) is 4.13. The van der Waals surface area contributed by atoms with Crippen LogP contribution in [0.2, 0.25) is 0 Å². The van der Waals surface area contributed by atoms with E-state index in [0.717, 1.165) is 14.1 Å². The zero-order chi connectivity index (χ0) is 9.26. The van der Waals surface area contributed by atoms with Crippen LogP contribution in [0.4, 0.5) is 0 Å². The lowest BCUT2D eigenvalue weighted by Crippen LogP contribution is -1.87. The molecule has 0 aliphatic rings. The van der Waals surface area contributed by atoms with Gasteiger partial charge in [0, 0.05) is 24.8 Å². The van der Waals surface area contributed by atoms with Gasteiger partial charge in [-0.2, -0.15) is 0 Å². The van der Waals surface area contributed by atoms with Crippen LogP contribution in [0.15, 0.2) is 31.9 Å². The quantitative estimate of drug-likeness (QED) is 0.845. The Morgan fingerprint density at radius 1 is 1.62 bits per heavy atom. The smallest absolute Gasteiger partial charge is 0.174 e. The minimum absolute atomic E-state index is 0.884. The molecular formula is C7H6BrN3S2. The second kappa shape index (κ2) is 3.81. The van der Waals surface area contributed by atoms with Crippen LogP contribution in [-0.2, 0) is 7.05 Å². The van der Waals surface area contributed by atoms with E-state index in [1.54, 1.807) is 29.3 Å². The zero-order valence-corrected chi connectivity index (χ0v) is 9.99. The molecule has 0 bridgehead atoms. The highest BCUT2D eigenvalue weighted by Gasteiger charge is 2.05. The van der Waals surface area contributed by atoms with Crippen molar-refractivity contribution in [1.29, 1.82) is 0 Å². The molecule has 13 heavy (non-hydrogen) atoms. The van der Waals surface area contributed by atoms with Crippen LogP contribution in [0.3, 0.4) is 0 Å². The van der Waals surface area contributed by atoms with Crippen LogP contribution >= 0.6 is 39.0 Å². The summed E-state index contributed by atoms with van der Waals surface area (Å²) < 4.78 is 3.86. The molecule has 0 aromatic carbocycles. The topological polar surface area (TPSA) is 30.7 Å². The van der Waals surface area contributed by atoms with E-state index in [1.165, 1.54) is 0 Å². The van der Waals surface area contributed by atoms with Gasteiger partial charge in [-0.05, 0) is 27.7 Å². The van der Waals surface area contributed by atoms with Gasteiger partial charge in [-0.3, -0.25) is 0 Å². The fourth-order valence-corrected chi connectivity index (χ4v) is 3.09. The summed E-state index contributed by atoms with van der Waals surface area (Å²) in [4.78, 5) is 8.47. The second-order valence-electron chi connectivity index (χ2n) is 2.36. The van der Waals surface area contributed by atoms with Gasteiger partial charge in [-0.15, -0.1) is 11.3 Å². The summed E-state index contributed by atoms with van der Waals surface area (Å²) >= 11 is 6.49. The fraction of sp³-hybridized carbons (Fsp3) is 0.143. The molecule has 0 spiro atoms. The normalized spacial score (nSPS) is 10.6. The Hall–Kier alpha value is -0.330. The molecule has 2 aromatic heterocycles. The molecule has 2 rings (SSSR count). The first-order valence-corrected chi connectivity index (χ1v) is 6.01. The molecule has 0 unspecified atom stereocenters. The Morgan fingerprint density at radius 2 is 2.46 bits per heavy atom. The molecule has 0 N–H and O–H groups in total. The number of imidazole rings is 1. The van der Waals surface area contributed by atoms with Gasteiger partial charge in [0.15, 0.2) is 9.50 Å². The van der Waals surface area contributed by atoms with Crippen molar-refractivity contribution in [2.45, 2.75) is 9.50 Å². The highest BCUT2D eigenvalue weighted by Crippen LogP contribution is 2.29. The van der Waals surface area contributed by atoms with Gasteiger partial charge in [0.25, 0.3) is 0 Å². The Balaban J connectivity index is 2.19. The highest BCUT2D eigenvalue weighted by molar-refractivity contribution is 9.10. The number of rotatable bonds is 2. The van der Waals surface area contributed by atoms with Gasteiger partial charge in [0.05, 0.1) is 0 Å². The summed E-state index contributed by atoms with van der Waals surface area (Å²) in [6.45, 7) is 0. The Morgan fingerprint density at radius 3 is 3.00 bits per heavy atom. The van der Waals surface area contributed by atoms with E-state index in [2.05, 4.69) is 25.9 Å². The average Bonchev–Trinajstić information content (AvgIpc) is 2.64. The highest BCUT2D eigenvalue weighted by atomic mass is 79.9. The van der Waals surface area contributed by atoms with Crippen LogP contribution in [0.1, 0.15) is 0 Å². The molecule has 0 saturated heterocycles. The van der Waals surface area contributed by atoms with Crippen LogP contribution < -0.4 is 0 Å². The largest absolute Gasteiger partial charge is 0.329 e. The minimum Gasteiger partial charge on any atom is -0.329 e. The second-order valence-corrected chi connectivity index (χ2v) is 5.24. The molecule has 0 atom stereocenters. The number of nitrogens with zero attached hydrogens (tertiary/aromatic N) is 3. The first-order chi connectivity index (χ1) is 6.25. The Kier molecular flexibility index (Phi) is 2.71. The molecule has 3 nitrogen and oxygen atoms in total. The van der Waals surface area contributed by atoms with Crippen LogP contribution in [0.25, 0.3) is 0 Å². The molecule has 0 aliphatic heterocycles. The van der Waals surface area contributed by atoms with E-state index in [1.807, 2.05) is 23.2 Å². The standard InChI is InChI=1S/C7H6BrN3S2/c1-11-3-2-9-6(11)13-7-10-5(8)4-12-7/h2-4H,1H3. The van der Waals surface area contributed by atoms with Crippen LogP contribution in [0, 0.1) is 0 Å². The maximum Gasteiger partial charge on any atom is 0.174 e. The van der Waals surface area contributed by atoms with Crippen molar-refractivity contribution in [2.75, 3.05) is 0 Å². The van der Waals surface area contributed by atoms with E-state index in [9.17, 15) is 0 Å². The fourth-order valence-electron chi connectivity index (χ4n) is 0.814. The molecule has 6 heteroatoms. The maximum atomic E-state index is 4.27. The van der Waals surface area contributed by atoms with Gasteiger partial charge in [-0.25, -0.2) is 9.97 Å². The number of hydrogen-bond donors (Lipinski definition) is 0. The summed E-state index contributed by atoms with van der Waals surface area (Å²) in [6, 6.07) is 0. The molecule has 0 aliphatic carbocycles. The summed E-state index contributed by atoms with van der Waals surface area (Å²) in [7, 11) is 1.97. The lowest BCUT2D eigenvalue weighted by molar-refractivity contribution is 0.789. The van der Waals surface area contributed by atoms with Crippen molar-refractivity contribution in [1.82, 2.24) is 14.5 Å². The molecular weight excluding hydrogens is 270 g/mol. The monoisotopic (exact) mass is 275 g/mol. The lowest BCUT2D eigenvalue weighted by atomic mass is 10.9. The number of aromatic nitrogens is 3. The number of thiazole rings is 1. The van der Waals surface area contributed by atoms with Gasteiger partial charge >= 0.3 is 0 Å². The number of halogens is 1. The Bertz CT molecular complexity index is 409. The van der Waals surface area contributed by atoms with Crippen LogP contribution in [0.5, 0.6) is 0 Å². The molecule has 0 saturated carbocycles. The van der Waals surface area contributed by atoms with Crippen molar-refractivity contribution in [3.8, 4) is 0 Å². The number of aryl methyl sites for hydroxylation is 1. The summed E-state index contributed by atoms with van der Waals surface area (Å²) in [5.41, 5.74) is 0. The van der Waals surface area contributed by atoms with Gasteiger partial charge in [0.1, 0.15) is 4.60 Å². The van der Waals surface area contributed by atoms with Gasteiger partial charge in [-0.1, -0.05) is 0 Å². The van der Waals surface area contributed by atoms with Gasteiger partial charge < -0.3 is 4.57 Å². The van der Waals surface area contributed by atoms with E-state index in [4.69, 9.17) is 0 Å². The molecule has 2 heterocycles. The van der Waals surface area contributed by atoms with Crippen molar-refractivity contribution in [3.63, 3.8) is 0 Å². The molecule has 0 fully saturated rings. The van der Waals surface area contributed by atoms with Crippen molar-refractivity contribution < 1.29 is 0 Å². The first kappa shape index (κ1) is 9.23. The van der Waals surface area contributed by atoms with E-state index in [-0.39, 0.29) is 0 Å². The molecule has 0 radical (unpaired) electrons. The summed E-state index contributed by atoms with van der Waals surface area (Å²) in [6.07, 6.45) is 3.70. The van der Waals surface area contributed by atoms with E-state index >= 15 is 0 Å². The summed E-state index contributed by atoms with van der Waals surface area (Å²) in [5.74, 6) is 0. The minimum atomic E-state index is 0.884. The summed E-state index contributed by atoms with van der Waals surface area (Å²) in [5, 5.41) is 2.92. The first-order valence-electron chi connectivity index (χ1n) is 3.52. The third-order valence-electron chi connectivity index (χ3n) is 1.41. The maximum absolute atomic E-state index is 4.27. The van der Waals surface area contributed by atoms with Crippen LogP contribution in [-0.4, -0.2) is 14.5 Å². The Labute approximate surface area is 92.3 Å². The van der Waals surface area contributed by atoms with E-state index in [0.29, 0.717) is 0 Å². The third kappa shape index (κ3) is 2.12. The predicted molar refractivity (Wildman–Crippen MR) is 57.1 cm³/mol. The van der Waals surface area contributed by atoms with Crippen molar-refractivity contribution in [2.24, 2.45) is 7.05 Å². The predicted octanol–water partition coefficient (Wildman–Crippen LogP) is 2.79. The average molecular weight is 276 g/mol. The number of hydrogen-bond acceptors (Lipinski definition) is 4. The van der Waals surface area contributed by atoms with Gasteiger partial charge in [0.2, 0.25) is 0 Å². The molecule has 0 amide bonds. The lowest BCUT2D eigenvalue weighted by Gasteiger charge is -1.95. The zero-order valence-electron chi connectivity index (χ0n) is 6.77. The van der Waals surface area contributed by atoms with Crippen molar-refractivity contribution >= 4 is 39.0 Å².